The van der Waals surface area contributed by atoms with Crippen LogP contribution in [0, 0.1) is 12.7 Å². The van der Waals surface area contributed by atoms with E-state index in [1.165, 1.54) is 19.2 Å². The Hall–Kier alpha value is -4.56. The van der Waals surface area contributed by atoms with Gasteiger partial charge in [-0.3, -0.25) is 0 Å². The number of anilines is 1. The summed E-state index contributed by atoms with van der Waals surface area (Å²) in [4.78, 5) is 15.8. The molecule has 0 aliphatic carbocycles. The number of nitrogens with zero attached hydrogens (tertiary/aromatic N) is 4. The normalized spacial score (nSPS) is 14.4. The van der Waals surface area contributed by atoms with E-state index in [9.17, 15) is 9.18 Å². The Balaban J connectivity index is 1.53. The maximum Gasteiger partial charge on any atom is 0.323 e. The highest BCUT2D eigenvalue weighted by molar-refractivity contribution is 6.31. The van der Waals surface area contributed by atoms with E-state index in [1.54, 1.807) is 35.2 Å². The lowest BCUT2D eigenvalue weighted by Crippen LogP contribution is -2.38. The fraction of sp³-hybridized carbons (Fsp3) is 0.133. The standard InChI is InChI=1S/C30H25ClFN5O2/c1-19-24-18-36(30(38)33-25-17-21(31)12-15-27(25)39-2)28(20-10-13-22(32)14-11-20)26-9-6-16-35(26)29(24)37(34-19)23-7-4-3-5-8-23/h3-17,28H,18H2,1-2H3,(H,33,38)/t28-/m0/s1. The Bertz CT molecular complexity index is 1660. The summed E-state index contributed by atoms with van der Waals surface area (Å²) in [5, 5.41) is 8.31. The highest BCUT2D eigenvalue weighted by Gasteiger charge is 2.36. The zero-order chi connectivity index (χ0) is 27.1. The molecule has 1 aliphatic heterocycles. The Kier molecular flexibility index (Phi) is 6.32. The molecule has 0 bridgehead atoms. The third-order valence-corrected chi connectivity index (χ3v) is 7.17. The number of rotatable bonds is 4. The molecule has 0 spiro atoms. The zero-order valence-corrected chi connectivity index (χ0v) is 22.1. The number of ether oxygens (including phenoxy) is 1. The van der Waals surface area contributed by atoms with Gasteiger partial charge in [0.25, 0.3) is 0 Å². The van der Waals surface area contributed by atoms with Crippen LogP contribution in [0.1, 0.15) is 28.6 Å². The number of aromatic nitrogens is 3. The van der Waals surface area contributed by atoms with Gasteiger partial charge < -0.3 is 19.5 Å². The van der Waals surface area contributed by atoms with Crippen molar-refractivity contribution < 1.29 is 13.9 Å². The number of hydrogen-bond donors (Lipinski definition) is 1. The average Bonchev–Trinajstić information content (AvgIpc) is 3.50. The zero-order valence-electron chi connectivity index (χ0n) is 21.3. The summed E-state index contributed by atoms with van der Waals surface area (Å²) in [5.41, 5.74) is 4.66. The number of nitrogens with one attached hydrogen (secondary N) is 1. The van der Waals surface area contributed by atoms with Crippen LogP contribution in [-0.2, 0) is 6.54 Å². The monoisotopic (exact) mass is 541 g/mol. The van der Waals surface area contributed by atoms with Crippen molar-refractivity contribution in [2.24, 2.45) is 0 Å². The van der Waals surface area contributed by atoms with Crippen LogP contribution >= 0.6 is 11.6 Å². The van der Waals surface area contributed by atoms with E-state index in [0.29, 0.717) is 16.5 Å². The number of para-hydroxylation sites is 1. The number of benzene rings is 3. The first kappa shape index (κ1) is 24.8. The van der Waals surface area contributed by atoms with Gasteiger partial charge in [-0.2, -0.15) is 5.10 Å². The van der Waals surface area contributed by atoms with E-state index < -0.39 is 6.04 Å². The number of carbonyl (C=O) groups excluding carboxylic acids is 1. The lowest BCUT2D eigenvalue weighted by atomic mass is 10.0. The van der Waals surface area contributed by atoms with E-state index >= 15 is 0 Å². The molecule has 6 rings (SSSR count). The van der Waals surface area contributed by atoms with E-state index in [0.717, 1.165) is 34.0 Å². The molecule has 3 heterocycles. The maximum atomic E-state index is 14.1. The molecule has 0 radical (unpaired) electrons. The number of methoxy groups -OCH3 is 1. The van der Waals surface area contributed by atoms with Crippen LogP contribution in [0.5, 0.6) is 5.75 Å². The number of aryl methyl sites for hydroxylation is 1. The predicted octanol–water partition coefficient (Wildman–Crippen LogP) is 6.91. The molecule has 39 heavy (non-hydrogen) atoms. The number of carbonyl (C=O) groups is 1. The molecule has 1 atom stereocenters. The van der Waals surface area contributed by atoms with Gasteiger partial charge >= 0.3 is 6.03 Å². The van der Waals surface area contributed by atoms with Crippen LogP contribution in [-0.4, -0.2) is 32.4 Å². The highest BCUT2D eigenvalue weighted by Crippen LogP contribution is 2.39. The van der Waals surface area contributed by atoms with Crippen molar-refractivity contribution in [1.29, 1.82) is 0 Å². The molecule has 196 valence electrons. The van der Waals surface area contributed by atoms with Crippen LogP contribution in [0.15, 0.2) is 91.1 Å². The largest absolute Gasteiger partial charge is 0.495 e. The smallest absolute Gasteiger partial charge is 0.323 e. The first-order chi connectivity index (χ1) is 18.9. The fourth-order valence-electron chi connectivity index (χ4n) is 5.11. The first-order valence-electron chi connectivity index (χ1n) is 12.4. The molecule has 0 saturated carbocycles. The van der Waals surface area contributed by atoms with E-state index in [1.807, 2.05) is 60.3 Å². The minimum Gasteiger partial charge on any atom is -0.495 e. The number of urea groups is 1. The quantitative estimate of drug-likeness (QED) is 0.269. The van der Waals surface area contributed by atoms with Gasteiger partial charge in [0.05, 0.1) is 42.5 Å². The van der Waals surface area contributed by atoms with Gasteiger partial charge in [-0.1, -0.05) is 41.9 Å². The molecule has 0 fully saturated rings. The molecule has 1 aliphatic rings. The number of fused-ring (bicyclic) bond motifs is 3. The Morgan fingerprint density at radius 3 is 2.56 bits per heavy atom. The number of amides is 2. The molecule has 2 amide bonds. The second-order valence-electron chi connectivity index (χ2n) is 9.29. The van der Waals surface area contributed by atoms with Crippen molar-refractivity contribution >= 4 is 23.3 Å². The maximum absolute atomic E-state index is 14.1. The summed E-state index contributed by atoms with van der Waals surface area (Å²) in [6.45, 7) is 2.20. The van der Waals surface area contributed by atoms with Gasteiger partial charge in [-0.05, 0) is 67.1 Å². The molecule has 2 aromatic heterocycles. The van der Waals surface area contributed by atoms with Crippen molar-refractivity contribution in [2.75, 3.05) is 12.4 Å². The minimum atomic E-state index is -0.526. The van der Waals surface area contributed by atoms with Crippen LogP contribution in [0.3, 0.4) is 0 Å². The topological polar surface area (TPSA) is 64.3 Å². The summed E-state index contributed by atoms with van der Waals surface area (Å²) in [7, 11) is 1.53. The third kappa shape index (κ3) is 4.42. The average molecular weight is 542 g/mol. The van der Waals surface area contributed by atoms with Crippen molar-refractivity contribution in [2.45, 2.75) is 19.5 Å². The SMILES string of the molecule is COc1ccc(Cl)cc1NC(=O)N1Cc2c(C)nn(-c3ccccc3)c2-n2cccc2[C@@H]1c1ccc(F)cc1. The van der Waals surface area contributed by atoms with Crippen molar-refractivity contribution in [3.63, 3.8) is 0 Å². The van der Waals surface area contributed by atoms with Gasteiger partial charge in [-0.15, -0.1) is 0 Å². The molecular weight excluding hydrogens is 517 g/mol. The predicted molar refractivity (Wildman–Crippen MR) is 148 cm³/mol. The second kappa shape index (κ2) is 9.96. The Morgan fingerprint density at radius 2 is 1.82 bits per heavy atom. The van der Waals surface area contributed by atoms with Crippen LogP contribution in [0.2, 0.25) is 5.02 Å². The van der Waals surface area contributed by atoms with Gasteiger partial charge in [0.15, 0.2) is 0 Å². The van der Waals surface area contributed by atoms with Crippen molar-refractivity contribution in [1.82, 2.24) is 19.2 Å². The second-order valence-corrected chi connectivity index (χ2v) is 9.73. The summed E-state index contributed by atoms with van der Waals surface area (Å²) < 4.78 is 23.4. The summed E-state index contributed by atoms with van der Waals surface area (Å²) >= 11 is 6.24. The molecule has 9 heteroatoms. The molecular formula is C30H25ClFN5O2. The Morgan fingerprint density at radius 1 is 1.05 bits per heavy atom. The van der Waals surface area contributed by atoms with Crippen molar-refractivity contribution in [3.05, 3.63) is 124 Å². The fourth-order valence-corrected chi connectivity index (χ4v) is 5.28. The van der Waals surface area contributed by atoms with Gasteiger partial charge in [0.1, 0.15) is 17.4 Å². The summed E-state index contributed by atoms with van der Waals surface area (Å²) in [5.74, 6) is 0.987. The number of hydrogen-bond acceptors (Lipinski definition) is 3. The molecule has 5 aromatic rings. The first-order valence-corrected chi connectivity index (χ1v) is 12.8. The lowest BCUT2D eigenvalue weighted by molar-refractivity contribution is 0.194. The molecule has 1 N–H and O–H groups in total. The Labute approximate surface area is 230 Å². The molecule has 0 unspecified atom stereocenters. The highest BCUT2D eigenvalue weighted by atomic mass is 35.5. The van der Waals surface area contributed by atoms with Gasteiger partial charge in [-0.25, -0.2) is 13.9 Å². The number of halogens is 2. The van der Waals surface area contributed by atoms with Crippen LogP contribution in [0.4, 0.5) is 14.9 Å². The lowest BCUT2D eigenvalue weighted by Gasteiger charge is -2.31. The van der Waals surface area contributed by atoms with Gasteiger partial charge in [0, 0.05) is 16.8 Å². The molecule has 0 saturated heterocycles. The van der Waals surface area contributed by atoms with E-state index in [-0.39, 0.29) is 18.4 Å². The minimum absolute atomic E-state index is 0.256. The van der Waals surface area contributed by atoms with Crippen molar-refractivity contribution in [3.8, 4) is 17.3 Å². The molecule has 3 aromatic carbocycles. The van der Waals surface area contributed by atoms with Crippen LogP contribution in [0.25, 0.3) is 11.5 Å². The summed E-state index contributed by atoms with van der Waals surface area (Å²) in [6.07, 6.45) is 1.96. The third-order valence-electron chi connectivity index (χ3n) is 6.94. The van der Waals surface area contributed by atoms with E-state index in [2.05, 4.69) is 9.88 Å². The van der Waals surface area contributed by atoms with E-state index in [4.69, 9.17) is 21.4 Å². The molecule has 7 nitrogen and oxygen atoms in total. The van der Waals surface area contributed by atoms with Gasteiger partial charge in [0.2, 0.25) is 0 Å². The summed E-state index contributed by atoms with van der Waals surface area (Å²) in [6, 6.07) is 24.2. The van der Waals surface area contributed by atoms with Crippen LogP contribution < -0.4 is 10.1 Å².